The van der Waals surface area contributed by atoms with E-state index in [-0.39, 0.29) is 0 Å². The van der Waals surface area contributed by atoms with E-state index >= 15 is 0 Å². The van der Waals surface area contributed by atoms with Crippen molar-refractivity contribution in [1.82, 2.24) is 13.7 Å². The molecular weight excluding hydrogens is 270 g/mol. The molecule has 90 valence electrons. The highest BCUT2D eigenvalue weighted by Gasteiger charge is 2.10. The Labute approximate surface area is 112 Å². The fraction of sp³-hybridized carbons (Fsp3) is 0. The first-order valence-electron chi connectivity index (χ1n) is 5.13. The summed E-state index contributed by atoms with van der Waals surface area (Å²) in [5.74, 6) is 0.444. The molecule has 0 bridgehead atoms. The highest BCUT2D eigenvalue weighted by molar-refractivity contribution is 7.00. The van der Waals surface area contributed by atoms with Crippen LogP contribution in [0.5, 0.6) is 0 Å². The van der Waals surface area contributed by atoms with Gasteiger partial charge in [-0.05, 0) is 18.2 Å². The summed E-state index contributed by atoms with van der Waals surface area (Å²) in [5, 5.41) is 3.78. The zero-order chi connectivity index (χ0) is 12.5. The van der Waals surface area contributed by atoms with Crippen LogP contribution >= 0.6 is 23.3 Å². The second-order valence-electron chi connectivity index (χ2n) is 3.65. The van der Waals surface area contributed by atoms with Crippen LogP contribution in [-0.4, -0.2) is 13.7 Å². The summed E-state index contributed by atoms with van der Waals surface area (Å²) in [4.78, 5) is 3.94. The first-order chi connectivity index (χ1) is 8.74. The van der Waals surface area contributed by atoms with Gasteiger partial charge >= 0.3 is 0 Å². The molecule has 0 radical (unpaired) electrons. The minimum atomic E-state index is 0.444. The second kappa shape index (κ2) is 4.40. The highest BCUT2D eigenvalue weighted by atomic mass is 35.5. The zero-order valence-electron chi connectivity index (χ0n) is 9.09. The molecule has 3 aromatic rings. The van der Waals surface area contributed by atoms with E-state index in [0.717, 1.165) is 34.1 Å². The minimum absolute atomic E-state index is 0.444. The van der Waals surface area contributed by atoms with Gasteiger partial charge in [0.05, 0.1) is 22.4 Å². The second-order valence-corrected chi connectivity index (χ2v) is 4.58. The van der Waals surface area contributed by atoms with Gasteiger partial charge in [0, 0.05) is 18.0 Å². The Morgan fingerprint density at radius 2 is 2.11 bits per heavy atom. The van der Waals surface area contributed by atoms with Crippen LogP contribution in [0.2, 0.25) is 5.02 Å². The summed E-state index contributed by atoms with van der Waals surface area (Å²) in [6.07, 6.45) is 1.63. The number of hydrogen-bond donors (Lipinski definition) is 2. The SMILES string of the molecule is Nc1cc(Nc2c(Cl)ccc3nsnc23)ccn1. The van der Waals surface area contributed by atoms with Gasteiger partial charge in [-0.2, -0.15) is 8.75 Å². The molecule has 0 fully saturated rings. The van der Waals surface area contributed by atoms with E-state index < -0.39 is 0 Å². The molecule has 18 heavy (non-hydrogen) atoms. The molecule has 0 saturated carbocycles. The summed E-state index contributed by atoms with van der Waals surface area (Å²) < 4.78 is 8.41. The smallest absolute Gasteiger partial charge is 0.129 e. The number of halogens is 1. The lowest BCUT2D eigenvalue weighted by Crippen LogP contribution is -1.95. The number of nitrogen functional groups attached to an aromatic ring is 1. The van der Waals surface area contributed by atoms with E-state index in [0.29, 0.717) is 10.8 Å². The lowest BCUT2D eigenvalue weighted by Gasteiger charge is -2.08. The summed E-state index contributed by atoms with van der Waals surface area (Å²) in [7, 11) is 0. The van der Waals surface area contributed by atoms with Crippen molar-refractivity contribution in [1.29, 1.82) is 0 Å². The standard InChI is InChI=1S/C11H8ClN5S/c12-7-1-2-8-11(17-18-16-8)10(7)15-6-3-4-14-9(13)5-6/h1-5H,(H3,13,14,15). The molecule has 7 heteroatoms. The number of benzene rings is 1. The molecular formula is C11H8ClN5S. The van der Waals surface area contributed by atoms with Crippen molar-refractivity contribution in [2.75, 3.05) is 11.1 Å². The predicted molar refractivity (Wildman–Crippen MR) is 74.4 cm³/mol. The topological polar surface area (TPSA) is 76.7 Å². The summed E-state index contributed by atoms with van der Waals surface area (Å²) in [6.45, 7) is 0. The number of anilines is 3. The third-order valence-corrected chi connectivity index (χ3v) is 3.29. The molecule has 1 aromatic carbocycles. The van der Waals surface area contributed by atoms with Gasteiger partial charge in [-0.15, -0.1) is 0 Å². The molecule has 0 saturated heterocycles. The molecule has 0 unspecified atom stereocenters. The van der Waals surface area contributed by atoms with Crippen LogP contribution in [0.1, 0.15) is 0 Å². The summed E-state index contributed by atoms with van der Waals surface area (Å²) in [6, 6.07) is 7.17. The first-order valence-corrected chi connectivity index (χ1v) is 6.24. The summed E-state index contributed by atoms with van der Waals surface area (Å²) in [5.41, 5.74) is 8.74. The molecule has 3 rings (SSSR count). The Morgan fingerprint density at radius 3 is 2.94 bits per heavy atom. The first kappa shape index (κ1) is 11.2. The molecule has 0 atom stereocenters. The van der Waals surface area contributed by atoms with Crippen molar-refractivity contribution in [2.45, 2.75) is 0 Å². The number of nitrogens with one attached hydrogen (secondary N) is 1. The normalized spacial score (nSPS) is 10.7. The highest BCUT2D eigenvalue weighted by Crippen LogP contribution is 2.32. The van der Waals surface area contributed by atoms with Crippen LogP contribution in [0, 0.1) is 0 Å². The third kappa shape index (κ3) is 1.96. The van der Waals surface area contributed by atoms with Crippen molar-refractivity contribution in [3.63, 3.8) is 0 Å². The number of nitrogens with zero attached hydrogens (tertiary/aromatic N) is 3. The number of rotatable bonds is 2. The van der Waals surface area contributed by atoms with Crippen molar-refractivity contribution in [3.05, 3.63) is 35.5 Å². The Hall–Kier alpha value is -1.92. The van der Waals surface area contributed by atoms with Gasteiger partial charge in [-0.3, -0.25) is 0 Å². The fourth-order valence-electron chi connectivity index (χ4n) is 1.62. The van der Waals surface area contributed by atoms with Gasteiger partial charge in [0.15, 0.2) is 0 Å². The average molecular weight is 278 g/mol. The number of pyridine rings is 1. The van der Waals surface area contributed by atoms with E-state index in [1.807, 2.05) is 12.1 Å². The van der Waals surface area contributed by atoms with Gasteiger partial charge < -0.3 is 11.1 Å². The van der Waals surface area contributed by atoms with E-state index in [9.17, 15) is 0 Å². The minimum Gasteiger partial charge on any atom is -0.384 e. The predicted octanol–water partition coefficient (Wildman–Crippen LogP) is 3.07. The number of aromatic nitrogens is 3. The Bertz CT molecular complexity index is 711. The third-order valence-electron chi connectivity index (χ3n) is 2.43. The maximum Gasteiger partial charge on any atom is 0.129 e. The number of fused-ring (bicyclic) bond motifs is 1. The van der Waals surface area contributed by atoms with E-state index in [1.165, 1.54) is 0 Å². The van der Waals surface area contributed by atoms with Crippen LogP contribution < -0.4 is 11.1 Å². The van der Waals surface area contributed by atoms with Crippen molar-refractivity contribution >= 4 is 51.6 Å². The monoisotopic (exact) mass is 277 g/mol. The van der Waals surface area contributed by atoms with Crippen LogP contribution in [0.25, 0.3) is 11.0 Å². The molecule has 0 spiro atoms. The van der Waals surface area contributed by atoms with Gasteiger partial charge in [0.1, 0.15) is 16.9 Å². The lowest BCUT2D eigenvalue weighted by atomic mass is 10.2. The molecule has 0 aliphatic heterocycles. The molecule has 0 aliphatic rings. The lowest BCUT2D eigenvalue weighted by molar-refractivity contribution is 1.33. The number of hydrogen-bond acceptors (Lipinski definition) is 6. The van der Waals surface area contributed by atoms with Crippen molar-refractivity contribution < 1.29 is 0 Å². The molecule has 0 aliphatic carbocycles. The maximum absolute atomic E-state index is 6.18. The maximum atomic E-state index is 6.18. The molecule has 5 nitrogen and oxygen atoms in total. The number of nitrogens with two attached hydrogens (primary N) is 1. The van der Waals surface area contributed by atoms with Gasteiger partial charge in [-0.25, -0.2) is 4.98 Å². The molecule has 0 amide bonds. The summed E-state index contributed by atoms with van der Waals surface area (Å²) >= 11 is 7.33. The van der Waals surface area contributed by atoms with Crippen molar-refractivity contribution in [2.24, 2.45) is 0 Å². The Balaban J connectivity index is 2.09. The molecule has 2 heterocycles. The van der Waals surface area contributed by atoms with Gasteiger partial charge in [0.25, 0.3) is 0 Å². The molecule has 3 N–H and O–H groups in total. The molecule has 2 aromatic heterocycles. The Morgan fingerprint density at radius 1 is 1.22 bits per heavy atom. The zero-order valence-corrected chi connectivity index (χ0v) is 10.7. The van der Waals surface area contributed by atoms with Crippen LogP contribution in [-0.2, 0) is 0 Å². The van der Waals surface area contributed by atoms with E-state index in [1.54, 1.807) is 18.3 Å². The van der Waals surface area contributed by atoms with E-state index in [4.69, 9.17) is 17.3 Å². The van der Waals surface area contributed by atoms with Gasteiger partial charge in [0.2, 0.25) is 0 Å². The van der Waals surface area contributed by atoms with Crippen LogP contribution in [0.3, 0.4) is 0 Å². The average Bonchev–Trinajstić information content (AvgIpc) is 2.81. The van der Waals surface area contributed by atoms with Crippen LogP contribution in [0.4, 0.5) is 17.2 Å². The van der Waals surface area contributed by atoms with Crippen molar-refractivity contribution in [3.8, 4) is 0 Å². The fourth-order valence-corrected chi connectivity index (χ4v) is 2.36. The van der Waals surface area contributed by atoms with Crippen LogP contribution in [0.15, 0.2) is 30.5 Å². The van der Waals surface area contributed by atoms with Gasteiger partial charge in [-0.1, -0.05) is 11.6 Å². The Kier molecular flexibility index (Phi) is 2.73. The quantitative estimate of drug-likeness (QED) is 0.753. The van der Waals surface area contributed by atoms with E-state index in [2.05, 4.69) is 19.0 Å². The largest absolute Gasteiger partial charge is 0.384 e.